The van der Waals surface area contributed by atoms with Gasteiger partial charge in [0.2, 0.25) is 0 Å². The normalized spacial score (nSPS) is 16.4. The number of para-hydroxylation sites is 1. The van der Waals surface area contributed by atoms with E-state index in [0.29, 0.717) is 31.6 Å². The predicted octanol–water partition coefficient (Wildman–Crippen LogP) is 6.52. The zero-order chi connectivity index (χ0) is 23.1. The molecule has 0 heterocycles. The number of hydrogen-bond donors (Lipinski definition) is 0. The van der Waals surface area contributed by atoms with Crippen LogP contribution in [0, 0.1) is 17.5 Å². The van der Waals surface area contributed by atoms with Crippen molar-refractivity contribution in [1.82, 2.24) is 0 Å². The van der Waals surface area contributed by atoms with E-state index in [0.717, 1.165) is 32.1 Å². The first-order valence-corrected chi connectivity index (χ1v) is 10.8. The van der Waals surface area contributed by atoms with Crippen LogP contribution in [-0.2, 0) is 4.74 Å². The van der Waals surface area contributed by atoms with Crippen molar-refractivity contribution in [3.05, 3.63) is 59.4 Å². The second-order valence-corrected chi connectivity index (χ2v) is 7.85. The van der Waals surface area contributed by atoms with Gasteiger partial charge in [0.15, 0.2) is 17.5 Å². The number of rotatable bonds is 9. The van der Waals surface area contributed by atoms with Gasteiger partial charge in [0.05, 0.1) is 0 Å². The summed E-state index contributed by atoms with van der Waals surface area (Å²) in [5.41, 5.74) is -1.24. The largest absolute Gasteiger partial charge is 0.456 e. The SMILES string of the molecule is CCCCOC1(C(F)Oc2ccccc2C(=O)Oc2cc(F)c(F)c(F)c2)CCCCC1. The Labute approximate surface area is 184 Å². The van der Waals surface area contributed by atoms with Gasteiger partial charge in [-0.2, -0.15) is 4.39 Å². The van der Waals surface area contributed by atoms with E-state index in [1.807, 2.05) is 6.92 Å². The molecule has 4 nitrogen and oxygen atoms in total. The van der Waals surface area contributed by atoms with Crippen molar-refractivity contribution in [3.8, 4) is 11.5 Å². The molecule has 174 valence electrons. The Kier molecular flexibility index (Phi) is 8.12. The molecule has 0 aromatic heterocycles. The number of hydrogen-bond acceptors (Lipinski definition) is 4. The minimum atomic E-state index is -1.82. The summed E-state index contributed by atoms with van der Waals surface area (Å²) < 4.78 is 71.9. The van der Waals surface area contributed by atoms with Crippen LogP contribution in [0.3, 0.4) is 0 Å². The summed E-state index contributed by atoms with van der Waals surface area (Å²) in [7, 11) is 0. The van der Waals surface area contributed by atoms with Crippen molar-refractivity contribution >= 4 is 5.97 Å². The predicted molar refractivity (Wildman–Crippen MR) is 110 cm³/mol. The first kappa shape index (κ1) is 24.0. The quantitative estimate of drug-likeness (QED) is 0.142. The molecule has 1 unspecified atom stereocenters. The maximum atomic E-state index is 15.4. The summed E-state index contributed by atoms with van der Waals surface area (Å²) in [5, 5.41) is 0. The first-order valence-electron chi connectivity index (χ1n) is 10.8. The zero-order valence-corrected chi connectivity index (χ0v) is 17.8. The van der Waals surface area contributed by atoms with E-state index in [2.05, 4.69) is 0 Å². The molecule has 0 N–H and O–H groups in total. The molecule has 1 saturated carbocycles. The number of halogens is 4. The van der Waals surface area contributed by atoms with Crippen LogP contribution in [0.5, 0.6) is 11.5 Å². The molecule has 2 aromatic carbocycles. The van der Waals surface area contributed by atoms with Crippen LogP contribution in [0.25, 0.3) is 0 Å². The molecule has 0 spiro atoms. The van der Waals surface area contributed by atoms with Crippen LogP contribution in [0.1, 0.15) is 62.2 Å². The molecule has 1 aliphatic carbocycles. The molecule has 0 bridgehead atoms. The molecule has 0 amide bonds. The van der Waals surface area contributed by atoms with Gasteiger partial charge in [-0.05, 0) is 31.4 Å². The van der Waals surface area contributed by atoms with Crippen LogP contribution in [0.2, 0.25) is 0 Å². The fourth-order valence-corrected chi connectivity index (χ4v) is 3.72. The lowest BCUT2D eigenvalue weighted by molar-refractivity contribution is -0.178. The van der Waals surface area contributed by atoms with Gasteiger partial charge in [-0.25, -0.2) is 18.0 Å². The zero-order valence-electron chi connectivity index (χ0n) is 17.8. The van der Waals surface area contributed by atoms with E-state index in [-0.39, 0.29) is 11.3 Å². The van der Waals surface area contributed by atoms with Gasteiger partial charge in [0.25, 0.3) is 6.36 Å². The molecule has 1 fully saturated rings. The van der Waals surface area contributed by atoms with Gasteiger partial charge in [0.1, 0.15) is 22.7 Å². The highest BCUT2D eigenvalue weighted by atomic mass is 19.2. The molecule has 0 saturated heterocycles. The highest BCUT2D eigenvalue weighted by Crippen LogP contribution is 2.38. The number of esters is 1. The molecule has 32 heavy (non-hydrogen) atoms. The molecular weight excluding hydrogens is 428 g/mol. The van der Waals surface area contributed by atoms with E-state index in [9.17, 15) is 18.0 Å². The van der Waals surface area contributed by atoms with E-state index in [1.54, 1.807) is 6.07 Å². The van der Waals surface area contributed by atoms with Gasteiger partial charge in [-0.1, -0.05) is 44.7 Å². The maximum absolute atomic E-state index is 15.4. The van der Waals surface area contributed by atoms with Crippen LogP contribution in [0.15, 0.2) is 36.4 Å². The molecule has 1 atom stereocenters. The Balaban J connectivity index is 1.78. The average Bonchev–Trinajstić information content (AvgIpc) is 2.78. The Hall–Kier alpha value is -2.61. The minimum absolute atomic E-state index is 0.0860. The lowest BCUT2D eigenvalue weighted by Gasteiger charge is -2.39. The topological polar surface area (TPSA) is 44.8 Å². The Morgan fingerprint density at radius 2 is 1.72 bits per heavy atom. The number of alkyl halides is 1. The monoisotopic (exact) mass is 454 g/mol. The average molecular weight is 454 g/mol. The summed E-state index contributed by atoms with van der Waals surface area (Å²) in [5.74, 6) is -6.30. The van der Waals surface area contributed by atoms with Crippen molar-refractivity contribution in [3.63, 3.8) is 0 Å². The van der Waals surface area contributed by atoms with Gasteiger partial charge in [-0.3, -0.25) is 0 Å². The molecule has 2 aromatic rings. The Morgan fingerprint density at radius 3 is 2.38 bits per heavy atom. The minimum Gasteiger partial charge on any atom is -0.456 e. The molecule has 8 heteroatoms. The number of benzene rings is 2. The second kappa shape index (κ2) is 10.8. The highest BCUT2D eigenvalue weighted by Gasteiger charge is 2.43. The van der Waals surface area contributed by atoms with Crippen LogP contribution in [-0.4, -0.2) is 24.5 Å². The molecule has 1 aliphatic rings. The van der Waals surface area contributed by atoms with Crippen LogP contribution >= 0.6 is 0 Å². The third-order valence-corrected chi connectivity index (χ3v) is 5.51. The van der Waals surface area contributed by atoms with Crippen molar-refractivity contribution in [2.45, 2.75) is 63.8 Å². The summed E-state index contributed by atoms with van der Waals surface area (Å²) in [6.07, 6.45) is 3.48. The fourth-order valence-electron chi connectivity index (χ4n) is 3.72. The third-order valence-electron chi connectivity index (χ3n) is 5.51. The second-order valence-electron chi connectivity index (χ2n) is 7.85. The maximum Gasteiger partial charge on any atom is 0.347 e. The number of carbonyl (C=O) groups excluding carboxylic acids is 1. The van der Waals surface area contributed by atoms with Crippen molar-refractivity contribution < 1.29 is 36.6 Å². The molecular formula is C24H26F4O4. The third kappa shape index (κ3) is 5.59. The van der Waals surface area contributed by atoms with Gasteiger partial charge < -0.3 is 14.2 Å². The highest BCUT2D eigenvalue weighted by molar-refractivity contribution is 5.94. The summed E-state index contributed by atoms with van der Waals surface area (Å²) in [6, 6.07) is 6.91. The summed E-state index contributed by atoms with van der Waals surface area (Å²) in [4.78, 5) is 12.6. The smallest absolute Gasteiger partial charge is 0.347 e. The van der Waals surface area contributed by atoms with Crippen molar-refractivity contribution in [2.75, 3.05) is 6.61 Å². The number of carbonyl (C=O) groups is 1. The Bertz CT molecular complexity index is 905. The van der Waals surface area contributed by atoms with Crippen molar-refractivity contribution in [1.29, 1.82) is 0 Å². The first-order chi connectivity index (χ1) is 15.4. The fraction of sp³-hybridized carbons (Fsp3) is 0.458. The van der Waals surface area contributed by atoms with Gasteiger partial charge in [-0.15, -0.1) is 0 Å². The van der Waals surface area contributed by atoms with E-state index >= 15 is 4.39 Å². The lowest BCUT2D eigenvalue weighted by Crippen LogP contribution is -2.47. The molecule has 3 rings (SSSR count). The lowest BCUT2D eigenvalue weighted by atomic mass is 9.84. The van der Waals surface area contributed by atoms with Crippen molar-refractivity contribution in [2.24, 2.45) is 0 Å². The van der Waals surface area contributed by atoms with E-state index in [1.165, 1.54) is 18.2 Å². The number of ether oxygens (including phenoxy) is 3. The number of unbranched alkanes of at least 4 members (excludes halogenated alkanes) is 1. The van der Waals surface area contributed by atoms with Crippen LogP contribution < -0.4 is 9.47 Å². The molecule has 0 radical (unpaired) electrons. The van der Waals surface area contributed by atoms with Crippen LogP contribution in [0.4, 0.5) is 17.6 Å². The van der Waals surface area contributed by atoms with E-state index < -0.39 is 41.1 Å². The van der Waals surface area contributed by atoms with Gasteiger partial charge in [0, 0.05) is 18.7 Å². The van der Waals surface area contributed by atoms with E-state index in [4.69, 9.17) is 14.2 Å². The molecule has 0 aliphatic heterocycles. The van der Waals surface area contributed by atoms with Gasteiger partial charge >= 0.3 is 5.97 Å². The summed E-state index contributed by atoms with van der Waals surface area (Å²) in [6.45, 7) is 2.42. The Morgan fingerprint density at radius 1 is 1.06 bits per heavy atom. The standard InChI is InChI=1S/C24H26F4O4/c1-2-3-13-30-24(11-7-4-8-12-24)23(28)32-20-10-6-5-9-17(20)22(29)31-16-14-18(25)21(27)19(26)15-16/h5-6,9-10,14-15,23H,2-4,7-8,11-13H2,1H3. The summed E-state index contributed by atoms with van der Waals surface area (Å²) >= 11 is 0.